The molecule has 0 amide bonds. The highest BCUT2D eigenvalue weighted by atomic mass is 16.4. The Morgan fingerprint density at radius 2 is 1.86 bits per heavy atom. The topological polar surface area (TPSA) is 54.4 Å². The lowest BCUT2D eigenvalue weighted by molar-refractivity contribution is -0.145. The number of carbonyl (C=O) groups excluding carboxylic acids is 1. The highest BCUT2D eigenvalue weighted by molar-refractivity contribution is 5.80. The van der Waals surface area contributed by atoms with Gasteiger partial charge < -0.3 is 5.11 Å². The average molecular weight is 198 g/mol. The average Bonchev–Trinajstić information content (AvgIpc) is 2.16. The first-order valence-corrected chi connectivity index (χ1v) is 5.27. The Hall–Kier alpha value is -0.860. The van der Waals surface area contributed by atoms with Gasteiger partial charge in [0.1, 0.15) is 5.78 Å². The molecule has 14 heavy (non-hydrogen) atoms. The lowest BCUT2D eigenvalue weighted by Crippen LogP contribution is -2.33. The number of hydrogen-bond donors (Lipinski definition) is 1. The quantitative estimate of drug-likeness (QED) is 0.755. The van der Waals surface area contributed by atoms with Crippen molar-refractivity contribution in [3.63, 3.8) is 0 Å². The zero-order chi connectivity index (χ0) is 10.7. The van der Waals surface area contributed by atoms with E-state index in [9.17, 15) is 9.59 Å². The van der Waals surface area contributed by atoms with Crippen molar-refractivity contribution in [2.75, 3.05) is 0 Å². The van der Waals surface area contributed by atoms with E-state index < -0.39 is 5.97 Å². The van der Waals surface area contributed by atoms with Crippen molar-refractivity contribution >= 4 is 11.8 Å². The van der Waals surface area contributed by atoms with Crippen LogP contribution in [0.5, 0.6) is 0 Å². The van der Waals surface area contributed by atoms with Crippen molar-refractivity contribution in [3.05, 3.63) is 0 Å². The molecule has 0 bridgehead atoms. The van der Waals surface area contributed by atoms with E-state index in [4.69, 9.17) is 5.11 Å². The van der Waals surface area contributed by atoms with E-state index in [1.54, 1.807) is 13.8 Å². The largest absolute Gasteiger partial charge is 0.481 e. The van der Waals surface area contributed by atoms with Gasteiger partial charge in [-0.2, -0.15) is 0 Å². The van der Waals surface area contributed by atoms with E-state index in [1.807, 2.05) is 0 Å². The Morgan fingerprint density at radius 3 is 2.36 bits per heavy atom. The van der Waals surface area contributed by atoms with Gasteiger partial charge in [0.2, 0.25) is 0 Å². The molecule has 1 N–H and O–H groups in total. The van der Waals surface area contributed by atoms with Crippen molar-refractivity contribution in [3.8, 4) is 0 Å². The van der Waals surface area contributed by atoms with Crippen LogP contribution in [0.2, 0.25) is 0 Å². The standard InChI is InChI=1S/C11H18O3/c1-7(11(13)14)9-5-3-4-6-10(9)8(2)12/h7,9-10H,3-6H2,1-2H3,(H,13,14). The molecule has 3 nitrogen and oxygen atoms in total. The minimum atomic E-state index is -0.775. The summed E-state index contributed by atoms with van der Waals surface area (Å²) in [5.74, 6) is -0.969. The first-order chi connectivity index (χ1) is 6.54. The molecule has 1 aliphatic carbocycles. The van der Waals surface area contributed by atoms with Crippen LogP contribution in [0, 0.1) is 17.8 Å². The van der Waals surface area contributed by atoms with Crippen molar-refractivity contribution in [1.29, 1.82) is 0 Å². The van der Waals surface area contributed by atoms with Crippen molar-refractivity contribution < 1.29 is 14.7 Å². The van der Waals surface area contributed by atoms with Crippen LogP contribution in [0.3, 0.4) is 0 Å². The fourth-order valence-corrected chi connectivity index (χ4v) is 2.45. The lowest BCUT2D eigenvalue weighted by atomic mass is 9.71. The van der Waals surface area contributed by atoms with Gasteiger partial charge in [0.05, 0.1) is 5.92 Å². The molecule has 0 aliphatic heterocycles. The molecule has 0 radical (unpaired) electrons. The smallest absolute Gasteiger partial charge is 0.306 e. The molecular formula is C11H18O3. The highest BCUT2D eigenvalue weighted by Crippen LogP contribution is 2.35. The number of Topliss-reactive ketones (excluding diaryl/α,β-unsaturated/α-hetero) is 1. The number of rotatable bonds is 3. The second-order valence-corrected chi connectivity index (χ2v) is 4.29. The molecule has 3 heteroatoms. The van der Waals surface area contributed by atoms with E-state index in [0.29, 0.717) is 0 Å². The molecule has 1 rings (SSSR count). The fraction of sp³-hybridized carbons (Fsp3) is 0.818. The van der Waals surface area contributed by atoms with Gasteiger partial charge in [-0.05, 0) is 25.7 Å². The van der Waals surface area contributed by atoms with E-state index >= 15 is 0 Å². The zero-order valence-electron chi connectivity index (χ0n) is 8.82. The third-order valence-electron chi connectivity index (χ3n) is 3.37. The minimum absolute atomic E-state index is 0.0187. The Bertz CT molecular complexity index is 235. The van der Waals surface area contributed by atoms with Crippen LogP contribution in [-0.4, -0.2) is 16.9 Å². The van der Waals surface area contributed by atoms with Crippen LogP contribution < -0.4 is 0 Å². The summed E-state index contributed by atoms with van der Waals surface area (Å²) in [7, 11) is 0. The number of carbonyl (C=O) groups is 2. The maximum Gasteiger partial charge on any atom is 0.306 e. The summed E-state index contributed by atoms with van der Waals surface area (Å²) >= 11 is 0. The summed E-state index contributed by atoms with van der Waals surface area (Å²) in [5.41, 5.74) is 0. The molecule has 80 valence electrons. The van der Waals surface area contributed by atoms with Gasteiger partial charge in [-0.15, -0.1) is 0 Å². The Kier molecular flexibility index (Phi) is 3.67. The van der Waals surface area contributed by atoms with Gasteiger partial charge in [0, 0.05) is 5.92 Å². The van der Waals surface area contributed by atoms with Crippen LogP contribution in [0.15, 0.2) is 0 Å². The molecule has 1 fully saturated rings. The highest BCUT2D eigenvalue weighted by Gasteiger charge is 2.35. The van der Waals surface area contributed by atoms with E-state index in [0.717, 1.165) is 25.7 Å². The summed E-state index contributed by atoms with van der Waals surface area (Å²) in [5, 5.41) is 8.92. The maximum absolute atomic E-state index is 11.3. The zero-order valence-corrected chi connectivity index (χ0v) is 8.82. The summed E-state index contributed by atoms with van der Waals surface area (Å²) in [4.78, 5) is 22.2. The van der Waals surface area contributed by atoms with Gasteiger partial charge in [0.15, 0.2) is 0 Å². The molecule has 0 aromatic carbocycles. The molecule has 0 heterocycles. The van der Waals surface area contributed by atoms with Gasteiger partial charge in [-0.3, -0.25) is 9.59 Å². The predicted molar refractivity (Wildman–Crippen MR) is 52.9 cm³/mol. The molecule has 0 spiro atoms. The van der Waals surface area contributed by atoms with Crippen LogP contribution in [0.25, 0.3) is 0 Å². The number of ketones is 1. The maximum atomic E-state index is 11.3. The Labute approximate surface area is 84.5 Å². The van der Waals surface area contributed by atoms with Gasteiger partial charge in [-0.25, -0.2) is 0 Å². The molecule has 1 saturated carbocycles. The Morgan fingerprint density at radius 1 is 1.29 bits per heavy atom. The number of carboxylic acids is 1. The molecule has 3 unspecified atom stereocenters. The second-order valence-electron chi connectivity index (χ2n) is 4.29. The summed E-state index contributed by atoms with van der Waals surface area (Å²) in [6, 6.07) is 0. The lowest BCUT2D eigenvalue weighted by Gasteiger charge is -2.32. The van der Waals surface area contributed by atoms with Crippen molar-refractivity contribution in [2.45, 2.75) is 39.5 Å². The van der Waals surface area contributed by atoms with Crippen LogP contribution in [-0.2, 0) is 9.59 Å². The van der Waals surface area contributed by atoms with E-state index in [-0.39, 0.29) is 23.5 Å². The van der Waals surface area contributed by atoms with Crippen LogP contribution in [0.4, 0.5) is 0 Å². The summed E-state index contributed by atoms with van der Waals surface area (Å²) in [6.45, 7) is 3.30. The Balaban J connectivity index is 2.72. The monoisotopic (exact) mass is 198 g/mol. The minimum Gasteiger partial charge on any atom is -0.481 e. The van der Waals surface area contributed by atoms with Crippen molar-refractivity contribution in [2.24, 2.45) is 17.8 Å². The van der Waals surface area contributed by atoms with Gasteiger partial charge in [0.25, 0.3) is 0 Å². The molecule has 3 atom stereocenters. The SMILES string of the molecule is CC(=O)C1CCCCC1C(C)C(=O)O. The third kappa shape index (κ3) is 2.34. The molecule has 1 aliphatic rings. The molecular weight excluding hydrogens is 180 g/mol. The second kappa shape index (κ2) is 4.58. The fourth-order valence-electron chi connectivity index (χ4n) is 2.45. The molecule has 0 saturated heterocycles. The van der Waals surface area contributed by atoms with Crippen LogP contribution in [0.1, 0.15) is 39.5 Å². The third-order valence-corrected chi connectivity index (χ3v) is 3.37. The van der Waals surface area contributed by atoms with Crippen molar-refractivity contribution in [1.82, 2.24) is 0 Å². The molecule has 0 aromatic rings. The van der Waals surface area contributed by atoms with Gasteiger partial charge >= 0.3 is 5.97 Å². The molecule has 0 aromatic heterocycles. The summed E-state index contributed by atoms with van der Waals surface area (Å²) < 4.78 is 0. The van der Waals surface area contributed by atoms with Gasteiger partial charge in [-0.1, -0.05) is 19.8 Å². The number of aliphatic carboxylic acids is 1. The van der Waals surface area contributed by atoms with E-state index in [1.165, 1.54) is 0 Å². The van der Waals surface area contributed by atoms with E-state index in [2.05, 4.69) is 0 Å². The normalized spacial score (nSPS) is 29.6. The first-order valence-electron chi connectivity index (χ1n) is 5.27. The summed E-state index contributed by atoms with van der Waals surface area (Å²) in [6.07, 6.45) is 3.88. The first kappa shape index (κ1) is 11.2. The predicted octanol–water partition coefficient (Wildman–Crippen LogP) is 2.10. The van der Waals surface area contributed by atoms with Crippen LogP contribution >= 0.6 is 0 Å². The number of carboxylic acid groups (broad SMARTS) is 1. The number of hydrogen-bond acceptors (Lipinski definition) is 2.